The molecule has 7 nitrogen and oxygen atoms in total. The standard InChI is InChI=1S/C17H18F4N4O3.ClH/c18-11-1-7(2-12(19)14(11)24-5-9-10(6-24)13(9)22)25-4-8(28-17(25)27)3-23-16(26)15(20)21;/h1-2,8-10,13,15H,3-6,22H2,(H,23,26);1H/t8-,9-,10+,13?;/m0./s1. The Morgan fingerprint density at radius 3 is 2.34 bits per heavy atom. The molecule has 29 heavy (non-hydrogen) atoms. The molecule has 2 saturated heterocycles. The second-order valence-corrected chi connectivity index (χ2v) is 7.23. The van der Waals surface area contributed by atoms with Crippen molar-refractivity contribution in [3.05, 3.63) is 23.8 Å². The second kappa shape index (κ2) is 7.86. The summed E-state index contributed by atoms with van der Waals surface area (Å²) in [6.07, 6.45) is -4.97. The lowest BCUT2D eigenvalue weighted by atomic mass is 10.2. The van der Waals surface area contributed by atoms with Crippen LogP contribution in [0.1, 0.15) is 0 Å². The summed E-state index contributed by atoms with van der Waals surface area (Å²) in [5.74, 6) is -2.62. The molecule has 0 aromatic heterocycles. The number of nitrogens with two attached hydrogens (primary N) is 1. The quantitative estimate of drug-likeness (QED) is 0.680. The molecular weight excluding hydrogens is 420 g/mol. The van der Waals surface area contributed by atoms with Crippen LogP contribution in [-0.4, -0.2) is 56.8 Å². The van der Waals surface area contributed by atoms with E-state index >= 15 is 0 Å². The van der Waals surface area contributed by atoms with Gasteiger partial charge in [-0.1, -0.05) is 0 Å². The fourth-order valence-corrected chi connectivity index (χ4v) is 3.90. The van der Waals surface area contributed by atoms with Crippen molar-refractivity contribution < 1.29 is 31.9 Å². The van der Waals surface area contributed by atoms with Gasteiger partial charge >= 0.3 is 12.5 Å². The number of benzene rings is 1. The van der Waals surface area contributed by atoms with E-state index in [1.54, 1.807) is 4.90 Å². The molecule has 1 unspecified atom stereocenters. The number of carbonyl (C=O) groups is 2. The van der Waals surface area contributed by atoms with Gasteiger partial charge in [0.25, 0.3) is 5.91 Å². The van der Waals surface area contributed by atoms with E-state index in [9.17, 15) is 27.2 Å². The molecule has 1 aliphatic carbocycles. The number of hydrogen-bond acceptors (Lipinski definition) is 5. The summed E-state index contributed by atoms with van der Waals surface area (Å²) in [6, 6.07) is 2.15. The number of anilines is 2. The van der Waals surface area contributed by atoms with Crippen LogP contribution < -0.4 is 20.9 Å². The zero-order chi connectivity index (χ0) is 20.2. The molecule has 2 aliphatic heterocycles. The van der Waals surface area contributed by atoms with Crippen LogP contribution in [0.2, 0.25) is 0 Å². The Morgan fingerprint density at radius 2 is 1.79 bits per heavy atom. The third-order valence-corrected chi connectivity index (χ3v) is 5.47. The highest BCUT2D eigenvalue weighted by atomic mass is 35.5. The summed E-state index contributed by atoms with van der Waals surface area (Å²) in [7, 11) is 0. The summed E-state index contributed by atoms with van der Waals surface area (Å²) in [5, 5.41) is 1.94. The van der Waals surface area contributed by atoms with E-state index in [-0.39, 0.29) is 54.7 Å². The van der Waals surface area contributed by atoms with Crippen molar-refractivity contribution in [3.8, 4) is 0 Å². The minimum atomic E-state index is -3.19. The lowest BCUT2D eigenvalue weighted by molar-refractivity contribution is -0.132. The van der Waals surface area contributed by atoms with Crippen molar-refractivity contribution in [2.75, 3.05) is 36.0 Å². The van der Waals surface area contributed by atoms with Gasteiger partial charge in [0.05, 0.1) is 18.8 Å². The molecule has 0 spiro atoms. The number of nitrogens with zero attached hydrogens (tertiary/aromatic N) is 2. The fraction of sp³-hybridized carbons (Fsp3) is 0.529. The largest absolute Gasteiger partial charge is 0.442 e. The number of ether oxygens (including phenoxy) is 1. The lowest BCUT2D eigenvalue weighted by Gasteiger charge is -2.24. The second-order valence-electron chi connectivity index (χ2n) is 7.23. The topological polar surface area (TPSA) is 87.9 Å². The van der Waals surface area contributed by atoms with Crippen LogP contribution in [0.4, 0.5) is 33.7 Å². The number of piperidine rings is 1. The number of nitrogens with one attached hydrogen (secondary N) is 1. The zero-order valence-electron chi connectivity index (χ0n) is 15.0. The Balaban J connectivity index is 0.00000240. The van der Waals surface area contributed by atoms with Crippen LogP contribution in [0.5, 0.6) is 0 Å². The molecule has 1 aromatic rings. The van der Waals surface area contributed by atoms with Gasteiger partial charge in [-0.3, -0.25) is 9.69 Å². The van der Waals surface area contributed by atoms with Crippen LogP contribution in [0.25, 0.3) is 0 Å². The SMILES string of the molecule is Cl.NC1[C@H]2CN(c3c(F)cc(N4C[C@H](CNC(=O)C(F)F)OC4=O)cc3F)C[C@@H]12. The number of fused-ring (bicyclic) bond motifs is 1. The maximum Gasteiger partial charge on any atom is 0.414 e. The van der Waals surface area contributed by atoms with Gasteiger partial charge in [0.2, 0.25) is 0 Å². The normalized spacial score (nSPS) is 27.6. The maximum atomic E-state index is 14.6. The molecule has 0 radical (unpaired) electrons. The Morgan fingerprint density at radius 1 is 1.21 bits per heavy atom. The number of hydrogen-bond donors (Lipinski definition) is 2. The van der Waals surface area contributed by atoms with Crippen molar-refractivity contribution in [2.24, 2.45) is 17.6 Å². The summed E-state index contributed by atoms with van der Waals surface area (Å²) in [4.78, 5) is 25.5. The van der Waals surface area contributed by atoms with E-state index in [4.69, 9.17) is 10.5 Å². The molecule has 3 aliphatic rings. The average molecular weight is 439 g/mol. The molecule has 12 heteroatoms. The van der Waals surface area contributed by atoms with E-state index in [1.165, 1.54) is 0 Å². The van der Waals surface area contributed by atoms with Crippen molar-refractivity contribution in [2.45, 2.75) is 18.6 Å². The molecular formula is C17H19ClF4N4O3. The Labute approximate surface area is 169 Å². The first kappa shape index (κ1) is 21.4. The summed E-state index contributed by atoms with van der Waals surface area (Å²) in [6.45, 7) is 0.502. The first-order valence-corrected chi connectivity index (χ1v) is 8.80. The molecule has 2 amide bonds. The van der Waals surface area contributed by atoms with Crippen molar-refractivity contribution in [1.82, 2.24) is 5.32 Å². The van der Waals surface area contributed by atoms with Gasteiger partial charge in [0, 0.05) is 31.3 Å². The van der Waals surface area contributed by atoms with Gasteiger partial charge in [-0.2, -0.15) is 8.78 Å². The third-order valence-electron chi connectivity index (χ3n) is 5.47. The molecule has 4 atom stereocenters. The predicted molar refractivity (Wildman–Crippen MR) is 97.4 cm³/mol. The summed E-state index contributed by atoms with van der Waals surface area (Å²) >= 11 is 0. The molecule has 3 N–H and O–H groups in total. The zero-order valence-corrected chi connectivity index (χ0v) is 15.8. The van der Waals surface area contributed by atoms with Gasteiger partial charge in [-0.25, -0.2) is 13.6 Å². The fourth-order valence-electron chi connectivity index (χ4n) is 3.90. The minimum absolute atomic E-state index is 0. The highest BCUT2D eigenvalue weighted by molar-refractivity contribution is 5.90. The van der Waals surface area contributed by atoms with Gasteiger partial charge in [-0.05, 0) is 11.8 Å². The number of rotatable bonds is 5. The third kappa shape index (κ3) is 3.93. The van der Waals surface area contributed by atoms with E-state index < -0.39 is 36.2 Å². The van der Waals surface area contributed by atoms with Gasteiger partial charge in [-0.15, -0.1) is 12.4 Å². The van der Waals surface area contributed by atoms with Crippen molar-refractivity contribution in [1.29, 1.82) is 0 Å². The molecule has 1 saturated carbocycles. The van der Waals surface area contributed by atoms with Crippen molar-refractivity contribution >= 4 is 35.8 Å². The monoisotopic (exact) mass is 438 g/mol. The molecule has 4 rings (SSSR count). The highest BCUT2D eigenvalue weighted by Gasteiger charge is 2.54. The van der Waals surface area contributed by atoms with Crippen molar-refractivity contribution in [3.63, 3.8) is 0 Å². The predicted octanol–water partition coefficient (Wildman–Crippen LogP) is 1.49. The Hall–Kier alpha value is -2.27. The number of alkyl halides is 2. The van der Waals surface area contributed by atoms with E-state index in [0.29, 0.717) is 13.1 Å². The Kier molecular flexibility index (Phi) is 5.81. The average Bonchev–Trinajstić information content (AvgIpc) is 3.00. The van der Waals surface area contributed by atoms with Gasteiger partial charge in [0.1, 0.15) is 11.8 Å². The summed E-state index contributed by atoms with van der Waals surface area (Å²) < 4.78 is 58.5. The van der Waals surface area contributed by atoms with Crippen LogP contribution in [-0.2, 0) is 9.53 Å². The van der Waals surface area contributed by atoms with Gasteiger partial charge in [0.15, 0.2) is 11.6 Å². The minimum Gasteiger partial charge on any atom is -0.442 e. The molecule has 160 valence electrons. The molecule has 3 fully saturated rings. The number of amides is 2. The van der Waals surface area contributed by atoms with E-state index in [0.717, 1.165) is 17.0 Å². The van der Waals surface area contributed by atoms with Crippen LogP contribution in [0, 0.1) is 23.5 Å². The molecule has 2 heterocycles. The first-order valence-electron chi connectivity index (χ1n) is 8.80. The number of carbonyl (C=O) groups excluding carboxylic acids is 2. The van der Waals surface area contributed by atoms with Crippen LogP contribution >= 0.6 is 12.4 Å². The van der Waals surface area contributed by atoms with Gasteiger partial charge < -0.3 is 20.7 Å². The molecule has 1 aromatic carbocycles. The smallest absolute Gasteiger partial charge is 0.414 e. The van der Waals surface area contributed by atoms with Crippen LogP contribution in [0.15, 0.2) is 12.1 Å². The van der Waals surface area contributed by atoms with E-state index in [1.807, 2.05) is 5.32 Å². The highest BCUT2D eigenvalue weighted by Crippen LogP contribution is 2.46. The summed E-state index contributed by atoms with van der Waals surface area (Å²) in [5.41, 5.74) is 5.64. The van der Waals surface area contributed by atoms with E-state index in [2.05, 4.69) is 0 Å². The number of halogens is 5. The number of cyclic esters (lactones) is 1. The first-order chi connectivity index (χ1) is 13.3. The Bertz CT molecular complexity index is 795. The van der Waals surface area contributed by atoms with Crippen LogP contribution in [0.3, 0.4) is 0 Å². The molecule has 0 bridgehead atoms. The maximum absolute atomic E-state index is 14.6. The lowest BCUT2D eigenvalue weighted by Crippen LogP contribution is -2.37.